The number of carbonyl (C=O) groups excluding carboxylic acids is 2. The van der Waals surface area contributed by atoms with Crippen molar-refractivity contribution in [1.82, 2.24) is 15.1 Å². The van der Waals surface area contributed by atoms with Crippen molar-refractivity contribution >= 4 is 11.9 Å². The molecule has 0 radical (unpaired) electrons. The van der Waals surface area contributed by atoms with Gasteiger partial charge in [-0.3, -0.25) is 9.59 Å². The van der Waals surface area contributed by atoms with Crippen molar-refractivity contribution in [2.45, 2.75) is 32.9 Å². The second kappa shape index (κ2) is 9.69. The number of nitrogens with one attached hydrogen (secondary N) is 1. The van der Waals surface area contributed by atoms with Gasteiger partial charge in [-0.15, -0.1) is 5.10 Å². The lowest BCUT2D eigenvalue weighted by molar-refractivity contribution is -0.149. The fourth-order valence-electron chi connectivity index (χ4n) is 2.83. The van der Waals surface area contributed by atoms with Crippen LogP contribution in [0.25, 0.3) is 11.5 Å². The molecule has 0 spiro atoms. The Hall–Kier alpha value is -3.68. The van der Waals surface area contributed by atoms with Gasteiger partial charge in [-0.05, 0) is 36.6 Å². The SMILES string of the molecule is CCc1ccc([C@@H](C)NC(=O)COC(=O)Cn2nc(-c3ccccc3)oc2=O)cc1. The summed E-state index contributed by atoms with van der Waals surface area (Å²) in [7, 11) is 0. The molecule has 1 aromatic heterocycles. The maximum absolute atomic E-state index is 12.1. The van der Waals surface area contributed by atoms with Crippen molar-refractivity contribution in [2.75, 3.05) is 6.61 Å². The number of hydrogen-bond acceptors (Lipinski definition) is 6. The highest BCUT2D eigenvalue weighted by Crippen LogP contribution is 2.14. The third-order valence-electron chi connectivity index (χ3n) is 4.54. The Kier molecular flexibility index (Phi) is 6.79. The van der Waals surface area contributed by atoms with Gasteiger partial charge in [0.05, 0.1) is 6.04 Å². The second-order valence-corrected chi connectivity index (χ2v) is 6.74. The molecule has 0 aliphatic rings. The number of nitrogens with zero attached hydrogens (tertiary/aromatic N) is 2. The summed E-state index contributed by atoms with van der Waals surface area (Å²) in [5, 5.41) is 6.76. The van der Waals surface area contributed by atoms with E-state index < -0.39 is 30.8 Å². The van der Waals surface area contributed by atoms with Gasteiger partial charge < -0.3 is 14.5 Å². The summed E-state index contributed by atoms with van der Waals surface area (Å²) < 4.78 is 10.9. The van der Waals surface area contributed by atoms with Gasteiger partial charge in [0.25, 0.3) is 5.91 Å². The largest absolute Gasteiger partial charge is 0.454 e. The fraction of sp³-hybridized carbons (Fsp3) is 0.273. The van der Waals surface area contributed by atoms with Crippen LogP contribution in [-0.2, 0) is 27.3 Å². The van der Waals surface area contributed by atoms with E-state index in [1.165, 1.54) is 5.56 Å². The molecule has 0 bridgehead atoms. The Morgan fingerprint density at radius 2 is 1.83 bits per heavy atom. The first-order chi connectivity index (χ1) is 14.5. The van der Waals surface area contributed by atoms with Crippen LogP contribution >= 0.6 is 0 Å². The third kappa shape index (κ3) is 5.44. The molecule has 2 aromatic carbocycles. The molecule has 3 rings (SSSR count). The predicted molar refractivity (Wildman–Crippen MR) is 110 cm³/mol. The van der Waals surface area contributed by atoms with Crippen molar-refractivity contribution in [1.29, 1.82) is 0 Å². The van der Waals surface area contributed by atoms with Crippen molar-refractivity contribution in [3.63, 3.8) is 0 Å². The monoisotopic (exact) mass is 409 g/mol. The molecule has 0 aliphatic heterocycles. The molecule has 1 atom stereocenters. The topological polar surface area (TPSA) is 103 Å². The van der Waals surface area contributed by atoms with Crippen molar-refractivity contribution in [3.05, 3.63) is 76.3 Å². The highest BCUT2D eigenvalue weighted by Gasteiger charge is 2.16. The average Bonchev–Trinajstić information content (AvgIpc) is 3.13. The fourth-order valence-corrected chi connectivity index (χ4v) is 2.83. The Labute approximate surface area is 173 Å². The van der Waals surface area contributed by atoms with E-state index in [0.29, 0.717) is 5.56 Å². The standard InChI is InChI=1S/C22H23N3O5/c1-3-16-9-11-17(12-10-16)15(2)23-19(26)14-29-20(27)13-25-22(28)30-21(24-25)18-7-5-4-6-8-18/h4-12,15H,3,13-14H2,1-2H3,(H,23,26)/t15-/m1/s1. The molecule has 3 aromatic rings. The van der Waals surface area contributed by atoms with Gasteiger partial charge in [-0.1, -0.05) is 49.4 Å². The van der Waals surface area contributed by atoms with Gasteiger partial charge in [-0.25, -0.2) is 4.79 Å². The lowest BCUT2D eigenvalue weighted by Crippen LogP contribution is -2.32. The molecule has 0 saturated heterocycles. The summed E-state index contributed by atoms with van der Waals surface area (Å²) in [5.74, 6) is -1.87. The summed E-state index contributed by atoms with van der Waals surface area (Å²) in [6.07, 6.45) is 0.943. The molecule has 0 saturated carbocycles. The van der Waals surface area contributed by atoms with Gasteiger partial charge in [0.2, 0.25) is 5.89 Å². The minimum atomic E-state index is -0.778. The molecular formula is C22H23N3O5. The number of hydrogen-bond donors (Lipinski definition) is 1. The highest BCUT2D eigenvalue weighted by atomic mass is 16.5. The first-order valence-corrected chi connectivity index (χ1v) is 9.63. The van der Waals surface area contributed by atoms with E-state index in [9.17, 15) is 14.4 Å². The maximum Gasteiger partial charge on any atom is 0.437 e. The quantitative estimate of drug-likeness (QED) is 0.574. The zero-order chi connectivity index (χ0) is 21.5. The lowest BCUT2D eigenvalue weighted by Gasteiger charge is -2.14. The summed E-state index contributed by atoms with van der Waals surface area (Å²) >= 11 is 0. The van der Waals surface area contributed by atoms with E-state index in [2.05, 4.69) is 17.3 Å². The zero-order valence-corrected chi connectivity index (χ0v) is 16.8. The van der Waals surface area contributed by atoms with Crippen LogP contribution in [0.5, 0.6) is 0 Å². The summed E-state index contributed by atoms with van der Waals surface area (Å²) in [4.78, 5) is 36.0. The van der Waals surface area contributed by atoms with Crippen LogP contribution in [0, 0.1) is 0 Å². The molecule has 1 N–H and O–H groups in total. The molecular weight excluding hydrogens is 386 g/mol. The van der Waals surface area contributed by atoms with Gasteiger partial charge >= 0.3 is 11.7 Å². The average molecular weight is 409 g/mol. The maximum atomic E-state index is 12.1. The first kappa shape index (κ1) is 21.0. The van der Waals surface area contributed by atoms with E-state index in [1.54, 1.807) is 24.3 Å². The molecule has 0 unspecified atom stereocenters. The van der Waals surface area contributed by atoms with Gasteiger partial charge in [0.15, 0.2) is 6.61 Å². The Morgan fingerprint density at radius 1 is 1.13 bits per heavy atom. The summed E-state index contributed by atoms with van der Waals surface area (Å²) in [6, 6.07) is 16.5. The number of carbonyl (C=O) groups is 2. The van der Waals surface area contributed by atoms with Crippen LogP contribution in [-0.4, -0.2) is 28.3 Å². The molecule has 0 aliphatic carbocycles. The van der Waals surface area contributed by atoms with Crippen molar-refractivity contribution < 1.29 is 18.7 Å². The van der Waals surface area contributed by atoms with Gasteiger partial charge in [-0.2, -0.15) is 4.68 Å². The van der Waals surface area contributed by atoms with Crippen molar-refractivity contribution in [2.24, 2.45) is 0 Å². The molecule has 8 heteroatoms. The number of benzene rings is 2. The predicted octanol–water partition coefficient (Wildman–Crippen LogP) is 2.49. The van der Waals surface area contributed by atoms with E-state index in [4.69, 9.17) is 9.15 Å². The van der Waals surface area contributed by atoms with Crippen LogP contribution < -0.4 is 11.1 Å². The number of esters is 1. The summed E-state index contributed by atoms with van der Waals surface area (Å²) in [5.41, 5.74) is 2.78. The third-order valence-corrected chi connectivity index (χ3v) is 4.54. The highest BCUT2D eigenvalue weighted by molar-refractivity contribution is 5.80. The second-order valence-electron chi connectivity index (χ2n) is 6.74. The Morgan fingerprint density at radius 3 is 2.50 bits per heavy atom. The molecule has 156 valence electrons. The van der Waals surface area contributed by atoms with Gasteiger partial charge in [0.1, 0.15) is 6.54 Å². The van der Waals surface area contributed by atoms with Crippen LogP contribution in [0.3, 0.4) is 0 Å². The Bertz CT molecular complexity index is 1050. The molecule has 0 fully saturated rings. The molecule has 30 heavy (non-hydrogen) atoms. The first-order valence-electron chi connectivity index (χ1n) is 9.63. The number of aromatic nitrogens is 2. The lowest BCUT2D eigenvalue weighted by atomic mass is 10.1. The minimum absolute atomic E-state index is 0.106. The van der Waals surface area contributed by atoms with E-state index >= 15 is 0 Å². The minimum Gasteiger partial charge on any atom is -0.454 e. The smallest absolute Gasteiger partial charge is 0.437 e. The molecule has 1 amide bonds. The normalized spacial score (nSPS) is 11.7. The molecule has 8 nitrogen and oxygen atoms in total. The number of rotatable bonds is 8. The molecule has 1 heterocycles. The van der Waals surface area contributed by atoms with Crippen LogP contribution in [0.4, 0.5) is 0 Å². The van der Waals surface area contributed by atoms with E-state index in [1.807, 2.05) is 37.3 Å². The number of amides is 1. The zero-order valence-electron chi connectivity index (χ0n) is 16.8. The van der Waals surface area contributed by atoms with Crippen LogP contribution in [0.2, 0.25) is 0 Å². The van der Waals surface area contributed by atoms with Crippen LogP contribution in [0.15, 0.2) is 63.8 Å². The summed E-state index contributed by atoms with van der Waals surface area (Å²) in [6.45, 7) is 3.02. The van der Waals surface area contributed by atoms with Crippen LogP contribution in [0.1, 0.15) is 31.0 Å². The van der Waals surface area contributed by atoms with Crippen molar-refractivity contribution in [3.8, 4) is 11.5 Å². The number of aryl methyl sites for hydroxylation is 1. The van der Waals surface area contributed by atoms with Gasteiger partial charge in [0, 0.05) is 5.56 Å². The van der Waals surface area contributed by atoms with E-state index in [0.717, 1.165) is 16.7 Å². The Balaban J connectivity index is 1.50. The van der Waals surface area contributed by atoms with E-state index in [-0.39, 0.29) is 11.9 Å². The number of ether oxygens (including phenoxy) is 1.